The van der Waals surface area contributed by atoms with E-state index < -0.39 is 5.82 Å². The number of carbonyl (C=O) groups is 1. The lowest BCUT2D eigenvalue weighted by molar-refractivity contribution is -0.132. The van der Waals surface area contributed by atoms with Crippen LogP contribution in [-0.2, 0) is 11.3 Å². The summed E-state index contributed by atoms with van der Waals surface area (Å²) >= 11 is 0. The van der Waals surface area contributed by atoms with Crippen molar-refractivity contribution in [2.24, 2.45) is 0 Å². The van der Waals surface area contributed by atoms with Gasteiger partial charge in [0.1, 0.15) is 5.76 Å². The second-order valence-electron chi connectivity index (χ2n) is 4.83. The van der Waals surface area contributed by atoms with Crippen LogP contribution in [0.25, 0.3) is 0 Å². The molecular formula is C17H17FN2O3. The molecule has 2 aromatic rings. The highest BCUT2D eigenvalue weighted by atomic mass is 19.1. The van der Waals surface area contributed by atoms with Crippen molar-refractivity contribution in [2.45, 2.75) is 19.4 Å². The normalized spacial score (nSPS) is 10.1. The summed E-state index contributed by atoms with van der Waals surface area (Å²) in [7, 11) is 0. The number of amides is 1. The van der Waals surface area contributed by atoms with Crippen molar-refractivity contribution in [3.8, 4) is 11.8 Å². The quantitative estimate of drug-likeness (QED) is 0.750. The first-order valence-electron chi connectivity index (χ1n) is 7.25. The van der Waals surface area contributed by atoms with E-state index in [2.05, 4.69) is 0 Å². The fourth-order valence-corrected chi connectivity index (χ4v) is 2.04. The zero-order chi connectivity index (χ0) is 16.5. The topological polar surface area (TPSA) is 66.5 Å². The minimum atomic E-state index is -0.461. The summed E-state index contributed by atoms with van der Waals surface area (Å²) < 4.78 is 23.9. The molecule has 0 aliphatic rings. The lowest BCUT2D eigenvalue weighted by Gasteiger charge is -2.20. The molecule has 0 spiro atoms. The van der Waals surface area contributed by atoms with Gasteiger partial charge in [0.05, 0.1) is 38.3 Å². The molecule has 0 saturated carbocycles. The second kappa shape index (κ2) is 8.59. The van der Waals surface area contributed by atoms with Crippen LogP contribution in [0, 0.1) is 17.1 Å². The van der Waals surface area contributed by atoms with E-state index in [-0.39, 0.29) is 31.1 Å². The average Bonchev–Trinajstić information content (AvgIpc) is 3.06. The number of hydrogen-bond donors (Lipinski definition) is 0. The van der Waals surface area contributed by atoms with E-state index in [1.807, 2.05) is 6.07 Å². The predicted octanol–water partition coefficient (Wildman–Crippen LogP) is 3.13. The van der Waals surface area contributed by atoms with Gasteiger partial charge in [0.2, 0.25) is 5.91 Å². The maximum Gasteiger partial charge on any atom is 0.226 e. The third-order valence-corrected chi connectivity index (χ3v) is 3.18. The molecule has 0 bridgehead atoms. The summed E-state index contributed by atoms with van der Waals surface area (Å²) in [6.45, 7) is 0.684. The molecule has 0 N–H and O–H groups in total. The minimum Gasteiger partial charge on any atom is -0.490 e. The first-order chi connectivity index (χ1) is 11.2. The number of rotatable bonds is 8. The van der Waals surface area contributed by atoms with Crippen molar-refractivity contribution in [2.75, 3.05) is 13.2 Å². The van der Waals surface area contributed by atoms with E-state index in [1.54, 1.807) is 24.3 Å². The summed E-state index contributed by atoms with van der Waals surface area (Å²) in [5, 5.41) is 8.70. The van der Waals surface area contributed by atoms with E-state index in [0.717, 1.165) is 0 Å². The van der Waals surface area contributed by atoms with Gasteiger partial charge in [-0.3, -0.25) is 4.79 Å². The monoisotopic (exact) mass is 316 g/mol. The average molecular weight is 316 g/mol. The molecule has 1 amide bonds. The number of carbonyl (C=O) groups excluding carboxylic acids is 1. The molecule has 0 aliphatic carbocycles. The molecule has 120 valence electrons. The van der Waals surface area contributed by atoms with Crippen molar-refractivity contribution in [1.29, 1.82) is 5.26 Å². The van der Waals surface area contributed by atoms with Crippen LogP contribution in [-0.4, -0.2) is 24.0 Å². The highest BCUT2D eigenvalue weighted by Crippen LogP contribution is 2.16. The van der Waals surface area contributed by atoms with E-state index >= 15 is 0 Å². The molecule has 2 rings (SSSR count). The smallest absolute Gasteiger partial charge is 0.226 e. The maximum atomic E-state index is 13.4. The van der Waals surface area contributed by atoms with Crippen LogP contribution < -0.4 is 4.74 Å². The third-order valence-electron chi connectivity index (χ3n) is 3.18. The van der Waals surface area contributed by atoms with Gasteiger partial charge in [0, 0.05) is 6.54 Å². The van der Waals surface area contributed by atoms with Crippen molar-refractivity contribution >= 4 is 5.91 Å². The van der Waals surface area contributed by atoms with Crippen LogP contribution in [0.3, 0.4) is 0 Å². The number of nitrogens with zero attached hydrogens (tertiary/aromatic N) is 2. The van der Waals surface area contributed by atoms with E-state index in [4.69, 9.17) is 14.4 Å². The fraction of sp³-hybridized carbons (Fsp3) is 0.294. The summed E-state index contributed by atoms with van der Waals surface area (Å²) in [5.74, 6) is 0.131. The van der Waals surface area contributed by atoms with Crippen molar-refractivity contribution < 1.29 is 18.3 Å². The van der Waals surface area contributed by atoms with Crippen LogP contribution in [0.5, 0.6) is 5.75 Å². The zero-order valence-electron chi connectivity index (χ0n) is 12.6. The largest absolute Gasteiger partial charge is 0.490 e. The number of nitriles is 1. The van der Waals surface area contributed by atoms with Gasteiger partial charge in [-0.1, -0.05) is 12.1 Å². The van der Waals surface area contributed by atoms with E-state index in [9.17, 15) is 9.18 Å². The van der Waals surface area contributed by atoms with Gasteiger partial charge in [-0.25, -0.2) is 4.39 Å². The maximum absolute atomic E-state index is 13.4. The second-order valence-corrected chi connectivity index (χ2v) is 4.83. The molecule has 0 saturated heterocycles. The van der Waals surface area contributed by atoms with Gasteiger partial charge in [0.25, 0.3) is 0 Å². The third kappa shape index (κ3) is 5.15. The Morgan fingerprint density at radius 2 is 2.13 bits per heavy atom. The van der Waals surface area contributed by atoms with Crippen molar-refractivity contribution in [3.63, 3.8) is 0 Å². The first-order valence-corrected chi connectivity index (χ1v) is 7.25. The molecular weight excluding hydrogens is 299 g/mol. The Bertz CT molecular complexity index is 665. The predicted molar refractivity (Wildman–Crippen MR) is 80.9 cm³/mol. The lowest BCUT2D eigenvalue weighted by atomic mass is 10.3. The standard InChI is InChI=1S/C17H17FN2O3/c18-15-6-1-2-7-16(15)23-12-8-17(21)20(10-4-9-19)13-14-5-3-11-22-14/h1-3,5-7,11H,4,8,10,12-13H2. The molecule has 0 atom stereocenters. The Balaban J connectivity index is 1.87. The highest BCUT2D eigenvalue weighted by molar-refractivity contribution is 5.76. The molecule has 0 unspecified atom stereocenters. The van der Waals surface area contributed by atoms with Crippen LogP contribution in [0.15, 0.2) is 47.1 Å². The molecule has 0 fully saturated rings. The van der Waals surface area contributed by atoms with Gasteiger partial charge in [0.15, 0.2) is 11.6 Å². The molecule has 0 radical (unpaired) electrons. The van der Waals surface area contributed by atoms with Gasteiger partial charge in [-0.05, 0) is 24.3 Å². The number of halogens is 1. The van der Waals surface area contributed by atoms with Gasteiger partial charge < -0.3 is 14.1 Å². The summed E-state index contributed by atoms with van der Waals surface area (Å²) in [4.78, 5) is 13.8. The van der Waals surface area contributed by atoms with Crippen molar-refractivity contribution in [3.05, 3.63) is 54.2 Å². The van der Waals surface area contributed by atoms with Crippen LogP contribution >= 0.6 is 0 Å². The van der Waals surface area contributed by atoms with Crippen LogP contribution in [0.2, 0.25) is 0 Å². The number of hydrogen-bond acceptors (Lipinski definition) is 4. The zero-order valence-corrected chi connectivity index (χ0v) is 12.6. The molecule has 0 aliphatic heterocycles. The molecule has 6 heteroatoms. The van der Waals surface area contributed by atoms with Gasteiger partial charge in [-0.15, -0.1) is 0 Å². The Labute approximate surface area is 133 Å². The summed E-state index contributed by atoms with van der Waals surface area (Å²) in [5.41, 5.74) is 0. The van der Waals surface area contributed by atoms with Crippen LogP contribution in [0.1, 0.15) is 18.6 Å². The van der Waals surface area contributed by atoms with Crippen LogP contribution in [0.4, 0.5) is 4.39 Å². The lowest BCUT2D eigenvalue weighted by Crippen LogP contribution is -2.32. The SMILES string of the molecule is N#CCCN(Cc1ccco1)C(=O)CCOc1ccccc1F. The molecule has 1 heterocycles. The summed E-state index contributed by atoms with van der Waals surface area (Å²) in [6.07, 6.45) is 1.87. The van der Waals surface area contributed by atoms with E-state index in [0.29, 0.717) is 18.8 Å². The first kappa shape index (κ1) is 16.6. The Morgan fingerprint density at radius 1 is 1.30 bits per heavy atom. The minimum absolute atomic E-state index is 0.0704. The molecule has 1 aromatic heterocycles. The number of benzene rings is 1. The number of furan rings is 1. The number of ether oxygens (including phenoxy) is 1. The Morgan fingerprint density at radius 3 is 2.83 bits per heavy atom. The number of para-hydroxylation sites is 1. The van der Waals surface area contributed by atoms with Gasteiger partial charge in [-0.2, -0.15) is 5.26 Å². The summed E-state index contributed by atoms with van der Waals surface area (Å²) in [6, 6.07) is 11.6. The molecule has 1 aromatic carbocycles. The Kier molecular flexibility index (Phi) is 6.18. The molecule has 23 heavy (non-hydrogen) atoms. The Hall–Kier alpha value is -2.81. The van der Waals surface area contributed by atoms with Crippen molar-refractivity contribution in [1.82, 2.24) is 4.90 Å². The molecule has 5 nitrogen and oxygen atoms in total. The fourth-order valence-electron chi connectivity index (χ4n) is 2.04. The highest BCUT2D eigenvalue weighted by Gasteiger charge is 2.15. The van der Waals surface area contributed by atoms with Gasteiger partial charge >= 0.3 is 0 Å². The van der Waals surface area contributed by atoms with E-state index in [1.165, 1.54) is 23.3 Å².